The molecular formula is C31H25N7. The lowest BCUT2D eigenvalue weighted by molar-refractivity contribution is 0.884. The van der Waals surface area contributed by atoms with Crippen molar-refractivity contribution in [1.82, 2.24) is 19.7 Å². The van der Waals surface area contributed by atoms with Crippen LogP contribution >= 0.6 is 0 Å². The summed E-state index contributed by atoms with van der Waals surface area (Å²) in [7, 11) is 0. The van der Waals surface area contributed by atoms with E-state index in [-0.39, 0.29) is 0 Å². The minimum atomic E-state index is 0.512. The molecule has 0 amide bonds. The fraction of sp³-hybridized carbons (Fsp3) is 0.0323. The highest BCUT2D eigenvalue weighted by molar-refractivity contribution is 6.07. The van der Waals surface area contributed by atoms with E-state index in [0.717, 1.165) is 39.2 Å². The van der Waals surface area contributed by atoms with Gasteiger partial charge in [0.15, 0.2) is 11.7 Å². The Labute approximate surface area is 220 Å². The average molecular weight is 496 g/mol. The van der Waals surface area contributed by atoms with Crippen LogP contribution in [-0.4, -0.2) is 31.8 Å². The van der Waals surface area contributed by atoms with Crippen molar-refractivity contribution < 1.29 is 0 Å². The molecule has 2 heterocycles. The Kier molecular flexibility index (Phi) is 6.30. The molecule has 2 N–H and O–H groups in total. The van der Waals surface area contributed by atoms with Gasteiger partial charge in [-0.25, -0.2) is 9.67 Å². The Morgan fingerprint density at radius 1 is 0.842 bits per heavy atom. The Bertz CT molecular complexity index is 1700. The van der Waals surface area contributed by atoms with Gasteiger partial charge in [0.2, 0.25) is 0 Å². The van der Waals surface area contributed by atoms with Crippen LogP contribution in [0.15, 0.2) is 126 Å². The van der Waals surface area contributed by atoms with E-state index in [1.807, 2.05) is 120 Å². The van der Waals surface area contributed by atoms with Crippen molar-refractivity contribution in [3.63, 3.8) is 0 Å². The molecule has 0 unspecified atom stereocenters. The largest absolute Gasteiger partial charge is 0.336 e. The summed E-state index contributed by atoms with van der Waals surface area (Å²) in [5, 5.41) is 17.3. The quantitative estimate of drug-likeness (QED) is 0.155. The Morgan fingerprint density at radius 3 is 2.32 bits per heavy atom. The van der Waals surface area contributed by atoms with Gasteiger partial charge in [-0.1, -0.05) is 78.4 Å². The molecule has 0 bridgehead atoms. The van der Waals surface area contributed by atoms with Gasteiger partial charge in [0, 0.05) is 23.0 Å². The van der Waals surface area contributed by atoms with Gasteiger partial charge in [0.25, 0.3) is 0 Å². The number of hydrogen-bond donors (Lipinski definition) is 2. The van der Waals surface area contributed by atoms with Crippen LogP contribution in [0.3, 0.4) is 0 Å². The summed E-state index contributed by atoms with van der Waals surface area (Å²) in [4.78, 5) is 8.07. The first kappa shape index (κ1) is 23.1. The van der Waals surface area contributed by atoms with E-state index < -0.39 is 0 Å². The molecule has 0 aliphatic heterocycles. The van der Waals surface area contributed by atoms with Crippen LogP contribution in [0.25, 0.3) is 28.0 Å². The van der Waals surface area contributed by atoms with Gasteiger partial charge in [-0.05, 0) is 43.3 Å². The summed E-state index contributed by atoms with van der Waals surface area (Å²) in [5.74, 6) is 1.12. The number of para-hydroxylation sites is 3. The average Bonchev–Trinajstić information content (AvgIpc) is 3.59. The number of aromatic amines is 1. The van der Waals surface area contributed by atoms with Gasteiger partial charge < -0.3 is 10.3 Å². The normalized spacial score (nSPS) is 11.9. The number of anilines is 1. The van der Waals surface area contributed by atoms with E-state index in [9.17, 15) is 0 Å². The van der Waals surface area contributed by atoms with Crippen LogP contribution in [0.2, 0.25) is 0 Å². The molecule has 7 heteroatoms. The molecule has 0 saturated carbocycles. The monoisotopic (exact) mass is 495 g/mol. The first-order chi connectivity index (χ1) is 18.7. The van der Waals surface area contributed by atoms with Crippen LogP contribution in [-0.2, 0) is 0 Å². The molecule has 6 aromatic rings. The van der Waals surface area contributed by atoms with Crippen LogP contribution in [0.1, 0.15) is 17.0 Å². The Balaban J connectivity index is 1.39. The second-order valence-electron chi connectivity index (χ2n) is 8.87. The number of nitrogens with zero attached hydrogens (tertiary/aromatic N) is 5. The summed E-state index contributed by atoms with van der Waals surface area (Å²) in [5.41, 5.74) is 7.51. The maximum atomic E-state index is 4.85. The second-order valence-corrected chi connectivity index (χ2v) is 8.87. The molecule has 4 aromatic carbocycles. The van der Waals surface area contributed by atoms with E-state index in [2.05, 4.69) is 27.4 Å². The predicted molar refractivity (Wildman–Crippen MR) is 154 cm³/mol. The van der Waals surface area contributed by atoms with Gasteiger partial charge in [-0.3, -0.25) is 0 Å². The van der Waals surface area contributed by atoms with Crippen LogP contribution < -0.4 is 5.32 Å². The number of benzene rings is 4. The molecule has 7 nitrogen and oxygen atoms in total. The van der Waals surface area contributed by atoms with Crippen molar-refractivity contribution in [3.8, 4) is 16.9 Å². The molecule has 0 fully saturated rings. The summed E-state index contributed by atoms with van der Waals surface area (Å²) < 4.78 is 1.86. The minimum Gasteiger partial charge on any atom is -0.336 e. The first-order valence-corrected chi connectivity index (χ1v) is 12.3. The van der Waals surface area contributed by atoms with E-state index >= 15 is 0 Å². The molecule has 38 heavy (non-hydrogen) atoms. The van der Waals surface area contributed by atoms with Crippen molar-refractivity contribution in [3.05, 3.63) is 132 Å². The summed E-state index contributed by atoms with van der Waals surface area (Å²) >= 11 is 0. The SMILES string of the molecule is Cc1ccc(N/C(=N\N=C\c2cn(-c3ccccc3)nc2-c2ccccc2)c2nc3ccccc3[nH]2)cc1. The molecule has 0 spiro atoms. The third-order valence-electron chi connectivity index (χ3n) is 6.09. The van der Waals surface area contributed by atoms with Crippen LogP contribution in [0.4, 0.5) is 5.69 Å². The third-order valence-corrected chi connectivity index (χ3v) is 6.09. The van der Waals surface area contributed by atoms with E-state index in [1.165, 1.54) is 5.56 Å². The molecule has 0 aliphatic carbocycles. The van der Waals surface area contributed by atoms with Crippen molar-refractivity contribution in [2.45, 2.75) is 6.92 Å². The number of fused-ring (bicyclic) bond motifs is 1. The smallest absolute Gasteiger partial charge is 0.196 e. The van der Waals surface area contributed by atoms with Gasteiger partial charge in [0.1, 0.15) is 5.69 Å². The molecule has 0 radical (unpaired) electrons. The maximum absolute atomic E-state index is 4.85. The fourth-order valence-electron chi connectivity index (χ4n) is 4.13. The highest BCUT2D eigenvalue weighted by Crippen LogP contribution is 2.22. The first-order valence-electron chi connectivity index (χ1n) is 12.3. The van der Waals surface area contributed by atoms with Crippen LogP contribution in [0, 0.1) is 6.92 Å². The van der Waals surface area contributed by atoms with Gasteiger partial charge in [-0.15, -0.1) is 5.10 Å². The van der Waals surface area contributed by atoms with Crippen molar-refractivity contribution in [2.24, 2.45) is 10.2 Å². The molecular weight excluding hydrogens is 470 g/mol. The summed E-state index contributed by atoms with van der Waals surface area (Å²) in [6, 6.07) is 36.1. The predicted octanol–water partition coefficient (Wildman–Crippen LogP) is 6.62. The maximum Gasteiger partial charge on any atom is 0.196 e. The number of nitrogens with one attached hydrogen (secondary N) is 2. The van der Waals surface area contributed by atoms with Crippen LogP contribution in [0.5, 0.6) is 0 Å². The number of rotatable bonds is 6. The summed E-state index contributed by atoms with van der Waals surface area (Å²) in [6.07, 6.45) is 3.69. The topological polar surface area (TPSA) is 83.2 Å². The fourth-order valence-corrected chi connectivity index (χ4v) is 4.13. The third kappa shape index (κ3) is 4.99. The lowest BCUT2D eigenvalue weighted by atomic mass is 10.1. The molecule has 0 aliphatic rings. The lowest BCUT2D eigenvalue weighted by Crippen LogP contribution is -2.15. The molecule has 184 valence electrons. The highest BCUT2D eigenvalue weighted by atomic mass is 15.3. The van der Waals surface area contributed by atoms with E-state index in [4.69, 9.17) is 10.1 Å². The molecule has 0 saturated heterocycles. The van der Waals surface area contributed by atoms with Gasteiger partial charge in [0.05, 0.1) is 22.9 Å². The molecule has 2 aromatic heterocycles. The van der Waals surface area contributed by atoms with Crippen molar-refractivity contribution >= 4 is 28.8 Å². The van der Waals surface area contributed by atoms with E-state index in [0.29, 0.717) is 11.7 Å². The minimum absolute atomic E-state index is 0.512. The highest BCUT2D eigenvalue weighted by Gasteiger charge is 2.13. The van der Waals surface area contributed by atoms with E-state index in [1.54, 1.807) is 6.21 Å². The zero-order chi connectivity index (χ0) is 25.7. The Morgan fingerprint density at radius 2 is 1.55 bits per heavy atom. The standard InChI is InChI=1S/C31H25N7/c1-22-16-18-25(19-17-22)33-31(30-34-27-14-8-9-15-28(27)35-30)36-32-20-24-21-38(26-12-6-3-7-13-26)37-29(24)23-10-4-2-5-11-23/h2-21H,1H3,(H,33,36)(H,34,35)/b32-20+. The second kappa shape index (κ2) is 10.4. The zero-order valence-corrected chi connectivity index (χ0v) is 20.8. The number of H-pyrrole nitrogens is 1. The zero-order valence-electron chi connectivity index (χ0n) is 20.8. The number of imidazole rings is 1. The molecule has 0 atom stereocenters. The number of hydrogen-bond acceptors (Lipinski definition) is 4. The van der Waals surface area contributed by atoms with Crippen molar-refractivity contribution in [1.29, 1.82) is 0 Å². The molecule has 6 rings (SSSR count). The van der Waals surface area contributed by atoms with Gasteiger partial charge >= 0.3 is 0 Å². The lowest BCUT2D eigenvalue weighted by Gasteiger charge is -2.06. The number of aromatic nitrogens is 4. The van der Waals surface area contributed by atoms with Crippen molar-refractivity contribution in [2.75, 3.05) is 5.32 Å². The number of aryl methyl sites for hydroxylation is 1. The van der Waals surface area contributed by atoms with Gasteiger partial charge in [-0.2, -0.15) is 10.2 Å². The Hall–Kier alpha value is -5.30. The summed E-state index contributed by atoms with van der Waals surface area (Å²) in [6.45, 7) is 2.06. The number of amidine groups is 1.